The number of carbonyl (C=O) groups is 1. The lowest BCUT2D eigenvalue weighted by Gasteiger charge is -2.34. The average molecular weight is 330 g/mol. The summed E-state index contributed by atoms with van der Waals surface area (Å²) >= 11 is 0. The van der Waals surface area contributed by atoms with E-state index in [0.717, 1.165) is 11.8 Å². The van der Waals surface area contributed by atoms with Crippen molar-refractivity contribution in [3.63, 3.8) is 0 Å². The highest BCUT2D eigenvalue weighted by atomic mass is 16.3. The van der Waals surface area contributed by atoms with E-state index in [2.05, 4.69) is 0 Å². The maximum absolute atomic E-state index is 10.6. The number of aliphatic hydroxyl groups excluding tert-OH is 4. The van der Waals surface area contributed by atoms with Crippen molar-refractivity contribution >= 4 is 6.29 Å². The summed E-state index contributed by atoms with van der Waals surface area (Å²) in [7, 11) is 0. The van der Waals surface area contributed by atoms with Crippen LogP contribution in [0.2, 0.25) is 0 Å². The second kappa shape index (κ2) is 11.1. The summed E-state index contributed by atoms with van der Waals surface area (Å²) in [6, 6.07) is 0. The van der Waals surface area contributed by atoms with Crippen LogP contribution >= 0.6 is 0 Å². The van der Waals surface area contributed by atoms with Crippen molar-refractivity contribution in [2.24, 2.45) is 23.2 Å². The van der Waals surface area contributed by atoms with Gasteiger partial charge >= 0.3 is 0 Å². The van der Waals surface area contributed by atoms with Crippen molar-refractivity contribution in [1.82, 2.24) is 0 Å². The Morgan fingerprint density at radius 1 is 0.696 bits per heavy atom. The van der Waals surface area contributed by atoms with Gasteiger partial charge in [-0.25, -0.2) is 0 Å². The Hall–Kier alpha value is -0.490. The molecule has 0 heterocycles. The molecule has 0 bridgehead atoms. The molecule has 136 valence electrons. The third kappa shape index (κ3) is 6.49. The molecule has 2 fully saturated rings. The number of carbonyl (C=O) groups excluding carboxylic acids is 1. The number of hydrogen-bond donors (Lipinski definition) is 4. The molecule has 0 aromatic heterocycles. The van der Waals surface area contributed by atoms with Crippen molar-refractivity contribution in [2.75, 3.05) is 26.4 Å². The molecule has 0 aliphatic heterocycles. The van der Waals surface area contributed by atoms with E-state index in [1.165, 1.54) is 64.1 Å². The maximum Gasteiger partial charge on any atom is 0.123 e. The van der Waals surface area contributed by atoms with Crippen LogP contribution in [0.3, 0.4) is 0 Å². The molecule has 0 aromatic carbocycles. The molecule has 0 saturated heterocycles. The van der Waals surface area contributed by atoms with Crippen LogP contribution in [0.15, 0.2) is 0 Å². The van der Waals surface area contributed by atoms with Gasteiger partial charge in [0.2, 0.25) is 0 Å². The molecule has 0 spiro atoms. The van der Waals surface area contributed by atoms with Crippen molar-refractivity contribution in [3.8, 4) is 0 Å². The molecule has 2 rings (SSSR count). The molecule has 0 atom stereocenters. The zero-order chi connectivity index (χ0) is 17.1. The lowest BCUT2D eigenvalue weighted by molar-refractivity contribution is -0.112. The molecule has 2 saturated carbocycles. The summed E-state index contributed by atoms with van der Waals surface area (Å²) in [6.07, 6.45) is 13.5. The Morgan fingerprint density at radius 3 is 1.48 bits per heavy atom. The van der Waals surface area contributed by atoms with Crippen LogP contribution in [0.4, 0.5) is 0 Å². The summed E-state index contributed by atoms with van der Waals surface area (Å²) < 4.78 is 0. The smallest absolute Gasteiger partial charge is 0.123 e. The van der Waals surface area contributed by atoms with Crippen LogP contribution in [0, 0.1) is 23.2 Å². The van der Waals surface area contributed by atoms with Crippen molar-refractivity contribution in [3.05, 3.63) is 0 Å². The van der Waals surface area contributed by atoms with Gasteiger partial charge in [0.05, 0.1) is 31.8 Å². The van der Waals surface area contributed by atoms with Crippen LogP contribution in [-0.4, -0.2) is 53.1 Å². The van der Waals surface area contributed by atoms with E-state index in [0.29, 0.717) is 5.92 Å². The molecule has 23 heavy (non-hydrogen) atoms. The topological polar surface area (TPSA) is 98.0 Å². The summed E-state index contributed by atoms with van der Waals surface area (Å²) in [5, 5.41) is 34.0. The highest BCUT2D eigenvalue weighted by Crippen LogP contribution is 2.39. The van der Waals surface area contributed by atoms with Gasteiger partial charge in [-0.2, -0.15) is 0 Å². The van der Waals surface area contributed by atoms with Gasteiger partial charge in [-0.15, -0.1) is 0 Å². The standard InChI is InChI=1S/C13H22O.C5H12O4/c14-10-11-6-8-13(9-7-11)12-4-2-1-3-5-12;6-1-5(2-7,3-8)4-9/h10-13H,1-9H2;6-9H,1-4H2. The fraction of sp³-hybridized carbons (Fsp3) is 0.944. The van der Waals surface area contributed by atoms with Gasteiger partial charge in [0.25, 0.3) is 0 Å². The Kier molecular flexibility index (Phi) is 9.95. The Bertz CT molecular complexity index is 285. The fourth-order valence-electron chi connectivity index (χ4n) is 3.66. The first-order valence-corrected chi connectivity index (χ1v) is 9.03. The quantitative estimate of drug-likeness (QED) is 0.554. The summed E-state index contributed by atoms with van der Waals surface area (Å²) in [6.45, 7) is -1.62. The first kappa shape index (κ1) is 20.6. The molecule has 5 heteroatoms. The minimum Gasteiger partial charge on any atom is -0.396 e. The minimum absolute atomic E-state index is 0.398. The number of hydrogen-bond acceptors (Lipinski definition) is 5. The SMILES string of the molecule is O=CC1CCC(C2CCCCC2)CC1.OCC(CO)(CO)CO. The van der Waals surface area contributed by atoms with E-state index in [9.17, 15) is 4.79 Å². The maximum atomic E-state index is 10.6. The Labute approximate surface area is 139 Å². The second-order valence-electron chi connectivity index (χ2n) is 7.34. The van der Waals surface area contributed by atoms with Gasteiger partial charge in [0, 0.05) is 5.92 Å². The molecule has 0 amide bonds. The lowest BCUT2D eigenvalue weighted by Crippen LogP contribution is -2.37. The highest BCUT2D eigenvalue weighted by Gasteiger charge is 2.28. The molecule has 4 N–H and O–H groups in total. The van der Waals surface area contributed by atoms with Gasteiger partial charge in [0.15, 0.2) is 0 Å². The van der Waals surface area contributed by atoms with Gasteiger partial charge in [-0.05, 0) is 37.5 Å². The largest absolute Gasteiger partial charge is 0.396 e. The van der Waals surface area contributed by atoms with E-state index in [1.54, 1.807) is 0 Å². The van der Waals surface area contributed by atoms with Crippen molar-refractivity contribution in [2.45, 2.75) is 57.8 Å². The summed E-state index contributed by atoms with van der Waals surface area (Å²) in [5.41, 5.74) is -1.11. The Balaban J connectivity index is 0.000000257. The van der Waals surface area contributed by atoms with Gasteiger partial charge in [-0.1, -0.05) is 32.1 Å². The monoisotopic (exact) mass is 330 g/mol. The van der Waals surface area contributed by atoms with Crippen LogP contribution in [0.1, 0.15) is 57.8 Å². The highest BCUT2D eigenvalue weighted by molar-refractivity contribution is 5.53. The van der Waals surface area contributed by atoms with E-state index in [-0.39, 0.29) is 0 Å². The van der Waals surface area contributed by atoms with E-state index in [1.807, 2.05) is 0 Å². The predicted octanol–water partition coefficient (Wildman–Crippen LogP) is 1.51. The molecule has 0 aromatic rings. The van der Waals surface area contributed by atoms with E-state index >= 15 is 0 Å². The Morgan fingerprint density at radius 2 is 1.13 bits per heavy atom. The predicted molar refractivity (Wildman–Crippen MR) is 88.9 cm³/mol. The first-order valence-electron chi connectivity index (χ1n) is 9.03. The molecule has 0 radical (unpaired) electrons. The normalized spacial score (nSPS) is 26.3. The van der Waals surface area contributed by atoms with Crippen molar-refractivity contribution < 1.29 is 25.2 Å². The molecule has 2 aliphatic rings. The first-order chi connectivity index (χ1) is 11.1. The van der Waals surface area contributed by atoms with Crippen LogP contribution in [0.5, 0.6) is 0 Å². The average Bonchev–Trinajstić information content (AvgIpc) is 2.65. The van der Waals surface area contributed by atoms with Crippen LogP contribution < -0.4 is 0 Å². The fourth-order valence-corrected chi connectivity index (χ4v) is 3.66. The number of aliphatic hydroxyl groups is 4. The minimum atomic E-state index is -1.11. The van der Waals surface area contributed by atoms with Gasteiger partial charge < -0.3 is 25.2 Å². The molecule has 5 nitrogen and oxygen atoms in total. The summed E-state index contributed by atoms with van der Waals surface area (Å²) in [4.78, 5) is 10.6. The van der Waals surface area contributed by atoms with Gasteiger partial charge in [-0.3, -0.25) is 0 Å². The van der Waals surface area contributed by atoms with E-state index in [4.69, 9.17) is 20.4 Å². The molecule has 0 unspecified atom stereocenters. The molecule has 2 aliphatic carbocycles. The third-order valence-corrected chi connectivity index (χ3v) is 5.67. The molecular formula is C18H34O5. The lowest BCUT2D eigenvalue weighted by atomic mass is 9.71. The third-order valence-electron chi connectivity index (χ3n) is 5.67. The van der Waals surface area contributed by atoms with Crippen LogP contribution in [-0.2, 0) is 4.79 Å². The zero-order valence-electron chi connectivity index (χ0n) is 14.2. The number of aldehydes is 1. The number of rotatable bonds is 6. The second-order valence-corrected chi connectivity index (χ2v) is 7.34. The van der Waals surface area contributed by atoms with Crippen LogP contribution in [0.25, 0.3) is 0 Å². The summed E-state index contributed by atoms with van der Waals surface area (Å²) in [5.74, 6) is 2.37. The van der Waals surface area contributed by atoms with E-state index < -0.39 is 31.8 Å². The van der Waals surface area contributed by atoms with Crippen molar-refractivity contribution in [1.29, 1.82) is 0 Å². The van der Waals surface area contributed by atoms with Gasteiger partial charge in [0.1, 0.15) is 6.29 Å². The zero-order valence-corrected chi connectivity index (χ0v) is 14.2. The molecular weight excluding hydrogens is 296 g/mol.